The van der Waals surface area contributed by atoms with Gasteiger partial charge in [-0.15, -0.1) is 6.58 Å². The third kappa shape index (κ3) is 1.32. The zero-order chi connectivity index (χ0) is 6.91. The Labute approximate surface area is 54.8 Å². The van der Waals surface area contributed by atoms with Crippen molar-refractivity contribution >= 4 is 0 Å². The fourth-order valence-electron chi connectivity index (χ4n) is 1.25. The van der Waals surface area contributed by atoms with Crippen molar-refractivity contribution in [1.29, 1.82) is 0 Å². The van der Waals surface area contributed by atoms with Crippen LogP contribution in [0.15, 0.2) is 12.7 Å². The van der Waals surface area contributed by atoms with E-state index < -0.39 is 5.60 Å². The predicted molar refractivity (Wildman–Crippen MR) is 35.0 cm³/mol. The van der Waals surface area contributed by atoms with E-state index in [1.54, 1.807) is 6.08 Å². The minimum Gasteiger partial charge on any atom is -0.393 e. The van der Waals surface area contributed by atoms with Crippen molar-refractivity contribution in [2.75, 3.05) is 0 Å². The van der Waals surface area contributed by atoms with Crippen molar-refractivity contribution in [3.05, 3.63) is 12.7 Å². The molecule has 0 aliphatic heterocycles. The van der Waals surface area contributed by atoms with Gasteiger partial charge in [-0.25, -0.2) is 0 Å². The maximum atomic E-state index is 9.35. The van der Waals surface area contributed by atoms with Gasteiger partial charge >= 0.3 is 0 Å². The van der Waals surface area contributed by atoms with Crippen LogP contribution in [0.4, 0.5) is 0 Å². The van der Waals surface area contributed by atoms with Crippen LogP contribution >= 0.6 is 0 Å². The van der Waals surface area contributed by atoms with Gasteiger partial charge in [-0.05, 0) is 6.42 Å². The molecule has 52 valence electrons. The SMILES string of the molecule is C=CCC1(O)CC(O)C1. The maximum absolute atomic E-state index is 9.35. The molecular weight excluding hydrogens is 116 g/mol. The number of hydrogen-bond acceptors (Lipinski definition) is 2. The van der Waals surface area contributed by atoms with E-state index in [2.05, 4.69) is 6.58 Å². The topological polar surface area (TPSA) is 40.5 Å². The van der Waals surface area contributed by atoms with Crippen molar-refractivity contribution in [2.45, 2.75) is 31.0 Å². The number of rotatable bonds is 2. The van der Waals surface area contributed by atoms with Crippen LogP contribution in [-0.2, 0) is 0 Å². The van der Waals surface area contributed by atoms with E-state index in [1.807, 2.05) is 0 Å². The van der Waals surface area contributed by atoms with Gasteiger partial charge < -0.3 is 10.2 Å². The van der Waals surface area contributed by atoms with Crippen LogP contribution in [0.1, 0.15) is 19.3 Å². The van der Waals surface area contributed by atoms with Crippen LogP contribution in [0.2, 0.25) is 0 Å². The van der Waals surface area contributed by atoms with Crippen LogP contribution in [0, 0.1) is 0 Å². The standard InChI is InChI=1S/C7H12O2/c1-2-3-7(9)4-6(8)5-7/h2,6,8-9H,1,3-5H2. The minimum atomic E-state index is -0.624. The lowest BCUT2D eigenvalue weighted by Gasteiger charge is -2.40. The Kier molecular flexibility index (Phi) is 1.60. The van der Waals surface area contributed by atoms with E-state index >= 15 is 0 Å². The average molecular weight is 128 g/mol. The van der Waals surface area contributed by atoms with Gasteiger partial charge in [0.25, 0.3) is 0 Å². The van der Waals surface area contributed by atoms with Crippen LogP contribution in [0.5, 0.6) is 0 Å². The quantitative estimate of drug-likeness (QED) is 0.530. The minimum absolute atomic E-state index is 0.282. The Bertz CT molecular complexity index is 114. The Hall–Kier alpha value is -0.340. The lowest BCUT2D eigenvalue weighted by molar-refractivity contribution is -0.110. The molecular formula is C7H12O2. The molecule has 0 bridgehead atoms. The molecule has 2 N–H and O–H groups in total. The molecule has 2 heteroatoms. The van der Waals surface area contributed by atoms with Crippen molar-refractivity contribution in [3.63, 3.8) is 0 Å². The first-order valence-corrected chi connectivity index (χ1v) is 3.18. The molecule has 2 nitrogen and oxygen atoms in total. The Morgan fingerprint density at radius 3 is 2.56 bits per heavy atom. The van der Waals surface area contributed by atoms with Gasteiger partial charge in [0.15, 0.2) is 0 Å². The van der Waals surface area contributed by atoms with Gasteiger partial charge in [-0.3, -0.25) is 0 Å². The Balaban J connectivity index is 2.31. The summed E-state index contributed by atoms with van der Waals surface area (Å²) >= 11 is 0. The van der Waals surface area contributed by atoms with Gasteiger partial charge in [0.1, 0.15) is 0 Å². The summed E-state index contributed by atoms with van der Waals surface area (Å²) in [6.07, 6.45) is 3.03. The zero-order valence-corrected chi connectivity index (χ0v) is 5.38. The normalized spacial score (nSPS) is 41.8. The Morgan fingerprint density at radius 2 is 2.22 bits per heavy atom. The molecule has 0 radical (unpaired) electrons. The average Bonchev–Trinajstić information content (AvgIpc) is 1.62. The first-order chi connectivity index (χ1) is 4.16. The second-order valence-electron chi connectivity index (χ2n) is 2.78. The molecule has 0 aromatic rings. The van der Waals surface area contributed by atoms with Crippen molar-refractivity contribution in [1.82, 2.24) is 0 Å². The molecule has 0 saturated heterocycles. The summed E-state index contributed by atoms with van der Waals surface area (Å²) in [4.78, 5) is 0. The molecule has 1 aliphatic carbocycles. The summed E-state index contributed by atoms with van der Waals surface area (Å²) in [5.41, 5.74) is -0.624. The largest absolute Gasteiger partial charge is 0.393 e. The molecule has 1 aliphatic rings. The third-order valence-electron chi connectivity index (χ3n) is 1.76. The molecule has 0 aromatic heterocycles. The highest BCUT2D eigenvalue weighted by Crippen LogP contribution is 2.34. The maximum Gasteiger partial charge on any atom is 0.0731 e. The predicted octanol–water partition coefficient (Wildman–Crippen LogP) is 0.448. The molecule has 0 spiro atoms. The lowest BCUT2D eigenvalue weighted by Crippen LogP contribution is -2.46. The second kappa shape index (κ2) is 2.12. The van der Waals surface area contributed by atoms with Crippen molar-refractivity contribution in [2.24, 2.45) is 0 Å². The zero-order valence-electron chi connectivity index (χ0n) is 5.38. The highest BCUT2D eigenvalue weighted by Gasteiger charge is 2.40. The van der Waals surface area contributed by atoms with E-state index in [9.17, 15) is 5.11 Å². The number of aliphatic hydroxyl groups excluding tert-OH is 1. The molecule has 0 amide bonds. The van der Waals surface area contributed by atoms with Crippen LogP contribution in [-0.4, -0.2) is 21.9 Å². The fraction of sp³-hybridized carbons (Fsp3) is 0.714. The van der Waals surface area contributed by atoms with E-state index in [0.717, 1.165) is 0 Å². The lowest BCUT2D eigenvalue weighted by atomic mass is 9.75. The number of aliphatic hydroxyl groups is 2. The number of hydrogen-bond donors (Lipinski definition) is 2. The second-order valence-corrected chi connectivity index (χ2v) is 2.78. The van der Waals surface area contributed by atoms with Crippen LogP contribution < -0.4 is 0 Å². The highest BCUT2D eigenvalue weighted by molar-refractivity contribution is 4.98. The summed E-state index contributed by atoms with van der Waals surface area (Å²) < 4.78 is 0. The van der Waals surface area contributed by atoms with Gasteiger partial charge in [-0.1, -0.05) is 6.08 Å². The first kappa shape index (κ1) is 6.78. The van der Waals surface area contributed by atoms with Crippen LogP contribution in [0.3, 0.4) is 0 Å². The summed E-state index contributed by atoms with van der Waals surface area (Å²) in [6, 6.07) is 0. The van der Waals surface area contributed by atoms with E-state index in [0.29, 0.717) is 19.3 Å². The molecule has 0 atom stereocenters. The molecule has 0 unspecified atom stereocenters. The smallest absolute Gasteiger partial charge is 0.0731 e. The van der Waals surface area contributed by atoms with Crippen molar-refractivity contribution < 1.29 is 10.2 Å². The fourth-order valence-corrected chi connectivity index (χ4v) is 1.25. The van der Waals surface area contributed by atoms with Gasteiger partial charge in [0.2, 0.25) is 0 Å². The molecule has 0 heterocycles. The summed E-state index contributed by atoms with van der Waals surface area (Å²) in [6.45, 7) is 3.51. The van der Waals surface area contributed by atoms with E-state index in [4.69, 9.17) is 5.11 Å². The molecule has 1 rings (SSSR count). The third-order valence-corrected chi connectivity index (χ3v) is 1.76. The molecule has 1 fully saturated rings. The summed E-state index contributed by atoms with van der Waals surface area (Å²) in [5.74, 6) is 0. The van der Waals surface area contributed by atoms with Crippen molar-refractivity contribution in [3.8, 4) is 0 Å². The Morgan fingerprint density at radius 1 is 1.67 bits per heavy atom. The monoisotopic (exact) mass is 128 g/mol. The molecule has 9 heavy (non-hydrogen) atoms. The molecule has 0 aromatic carbocycles. The molecule has 1 saturated carbocycles. The van der Waals surface area contributed by atoms with Gasteiger partial charge in [-0.2, -0.15) is 0 Å². The van der Waals surface area contributed by atoms with Gasteiger partial charge in [0.05, 0.1) is 11.7 Å². The van der Waals surface area contributed by atoms with Gasteiger partial charge in [0, 0.05) is 12.8 Å². The first-order valence-electron chi connectivity index (χ1n) is 3.18. The van der Waals surface area contributed by atoms with E-state index in [1.165, 1.54) is 0 Å². The van der Waals surface area contributed by atoms with Crippen LogP contribution in [0.25, 0.3) is 0 Å². The van der Waals surface area contributed by atoms with E-state index in [-0.39, 0.29) is 6.10 Å². The summed E-state index contributed by atoms with van der Waals surface area (Å²) in [5, 5.41) is 18.2. The highest BCUT2D eigenvalue weighted by atomic mass is 16.3. The summed E-state index contributed by atoms with van der Waals surface area (Å²) in [7, 11) is 0.